The molecular weight excluding hydrogens is 680 g/mol. The van der Waals surface area contributed by atoms with Crippen molar-refractivity contribution in [1.82, 2.24) is 20.3 Å². The molecule has 0 aliphatic heterocycles. The number of rotatable bonds is 17. The zero-order valence-electron chi connectivity index (χ0n) is 29.1. The SMILES string of the molecule is CCNC(=O)[C@H](CCCCNS(=O)(=O)c1ccc(Cl)c(COC2(c3cnccc3-c3ccccc3OC3CC3)CC2)c1)NC(=O)OC(C)(C)C. The highest BCUT2D eigenvalue weighted by Crippen LogP contribution is 2.53. The highest BCUT2D eigenvalue weighted by molar-refractivity contribution is 7.89. The average molecular weight is 727 g/mol. The number of likely N-dealkylation sites (N-methyl/N-ethyl adjacent to an activating group) is 1. The van der Waals surface area contributed by atoms with Gasteiger partial charge in [-0.2, -0.15) is 0 Å². The van der Waals surface area contributed by atoms with E-state index in [9.17, 15) is 18.0 Å². The summed E-state index contributed by atoms with van der Waals surface area (Å²) in [6.45, 7) is 7.68. The van der Waals surface area contributed by atoms with Crippen molar-refractivity contribution < 1.29 is 32.2 Å². The van der Waals surface area contributed by atoms with E-state index in [0.717, 1.165) is 48.1 Å². The van der Waals surface area contributed by atoms with Gasteiger partial charge in [-0.05, 0) is 114 Å². The third kappa shape index (κ3) is 10.2. The number of hydrogen-bond donors (Lipinski definition) is 3. The first kappa shape index (κ1) is 37.5. The first-order chi connectivity index (χ1) is 23.8. The summed E-state index contributed by atoms with van der Waals surface area (Å²) in [7, 11) is -3.86. The molecule has 270 valence electrons. The number of pyridine rings is 1. The largest absolute Gasteiger partial charge is 0.490 e. The summed E-state index contributed by atoms with van der Waals surface area (Å²) < 4.78 is 47.2. The Morgan fingerprint density at radius 1 is 1.06 bits per heavy atom. The fraction of sp³-hybridized carbons (Fsp3) is 0.486. The number of nitrogens with one attached hydrogen (secondary N) is 3. The van der Waals surface area contributed by atoms with E-state index in [1.165, 1.54) is 6.07 Å². The lowest BCUT2D eigenvalue weighted by Crippen LogP contribution is -2.48. The minimum absolute atomic E-state index is 0.0744. The van der Waals surface area contributed by atoms with Crippen LogP contribution >= 0.6 is 11.6 Å². The van der Waals surface area contributed by atoms with E-state index in [2.05, 4.69) is 20.3 Å². The van der Waals surface area contributed by atoms with Crippen molar-refractivity contribution in [3.8, 4) is 16.9 Å². The van der Waals surface area contributed by atoms with Crippen molar-refractivity contribution in [1.29, 1.82) is 0 Å². The van der Waals surface area contributed by atoms with Gasteiger partial charge in [0.2, 0.25) is 15.9 Å². The predicted octanol–water partition coefficient (Wildman–Crippen LogP) is 6.63. The van der Waals surface area contributed by atoms with Crippen LogP contribution in [0.4, 0.5) is 4.79 Å². The Kier molecular flexibility index (Phi) is 12.1. The van der Waals surface area contributed by atoms with Crippen LogP contribution in [0.5, 0.6) is 5.75 Å². The minimum atomic E-state index is -3.86. The molecule has 5 rings (SSSR count). The molecule has 0 unspecified atom stereocenters. The Balaban J connectivity index is 1.19. The van der Waals surface area contributed by atoms with Gasteiger partial charge in [0, 0.05) is 41.6 Å². The molecule has 13 heteroatoms. The molecule has 2 aliphatic rings. The molecule has 0 saturated heterocycles. The molecule has 2 fully saturated rings. The first-order valence-electron chi connectivity index (χ1n) is 17.2. The molecule has 1 atom stereocenters. The molecule has 1 aromatic heterocycles. The third-order valence-corrected chi connectivity index (χ3v) is 10.2. The molecule has 0 spiro atoms. The molecule has 3 N–H and O–H groups in total. The van der Waals surface area contributed by atoms with Crippen LogP contribution in [0.15, 0.2) is 65.8 Å². The summed E-state index contributed by atoms with van der Waals surface area (Å²) in [5.41, 5.74) is 2.23. The van der Waals surface area contributed by atoms with Crippen LogP contribution < -0.4 is 20.1 Å². The summed E-state index contributed by atoms with van der Waals surface area (Å²) in [5.74, 6) is 0.515. The number of aromatic nitrogens is 1. The van der Waals surface area contributed by atoms with Gasteiger partial charge in [-0.1, -0.05) is 29.8 Å². The number of sulfonamides is 1. The number of carbonyl (C=O) groups excluding carboxylic acids is 2. The van der Waals surface area contributed by atoms with Crippen LogP contribution in [-0.4, -0.2) is 56.2 Å². The lowest BCUT2D eigenvalue weighted by atomic mass is 9.96. The topological polar surface area (TPSA) is 145 Å². The smallest absolute Gasteiger partial charge is 0.408 e. The van der Waals surface area contributed by atoms with Gasteiger partial charge in [-0.15, -0.1) is 0 Å². The first-order valence-corrected chi connectivity index (χ1v) is 19.1. The van der Waals surface area contributed by atoms with Crippen LogP contribution in [0.3, 0.4) is 0 Å². The number of benzene rings is 2. The Hall–Kier alpha value is -3.71. The maximum atomic E-state index is 13.3. The molecule has 2 aromatic carbocycles. The second-order valence-electron chi connectivity index (χ2n) is 13.8. The number of para-hydroxylation sites is 1. The summed E-state index contributed by atoms with van der Waals surface area (Å²) in [5, 5.41) is 5.74. The predicted molar refractivity (Wildman–Crippen MR) is 191 cm³/mol. The minimum Gasteiger partial charge on any atom is -0.490 e. The lowest BCUT2D eigenvalue weighted by Gasteiger charge is -2.23. The number of unbranched alkanes of at least 4 members (excludes halogenated alkanes) is 1. The number of carbonyl (C=O) groups is 2. The van der Waals surface area contributed by atoms with Gasteiger partial charge in [0.05, 0.1) is 23.2 Å². The van der Waals surface area contributed by atoms with Crippen LogP contribution in [0.2, 0.25) is 5.02 Å². The quantitative estimate of drug-likeness (QED) is 0.132. The maximum absolute atomic E-state index is 13.3. The van der Waals surface area contributed by atoms with E-state index in [-0.39, 0.29) is 30.1 Å². The molecular formula is C37H47ClN4O7S. The van der Waals surface area contributed by atoms with Gasteiger partial charge in [0.15, 0.2) is 0 Å². The Morgan fingerprint density at radius 2 is 1.82 bits per heavy atom. The van der Waals surface area contributed by atoms with Crippen molar-refractivity contribution >= 4 is 33.6 Å². The Bertz CT molecular complexity index is 1770. The number of ether oxygens (including phenoxy) is 3. The Morgan fingerprint density at radius 3 is 2.52 bits per heavy atom. The second-order valence-corrected chi connectivity index (χ2v) is 15.9. The van der Waals surface area contributed by atoms with Gasteiger partial charge in [-0.3, -0.25) is 9.78 Å². The highest BCUT2D eigenvalue weighted by atomic mass is 35.5. The Labute approximate surface area is 299 Å². The van der Waals surface area contributed by atoms with Gasteiger partial charge in [-0.25, -0.2) is 17.9 Å². The van der Waals surface area contributed by atoms with E-state index in [0.29, 0.717) is 36.4 Å². The van der Waals surface area contributed by atoms with E-state index in [1.807, 2.05) is 36.5 Å². The standard InChI is InChI=1S/C37H47ClN4O7S/c1-5-40-34(43)32(42-35(44)49-36(2,3)4)11-8-9-20-41-50(45,46)27-15-16-31(38)25(22-27)24-47-37(18-19-37)30-23-39-21-17-28(30)29-10-6-7-12-33(29)48-26-13-14-26/h6-7,10,12,15-17,21-23,26,32,41H,5,8-9,11,13-14,18-20,24H2,1-4H3,(H,40,43)(H,42,44)/t32-/m0/s1. The van der Waals surface area contributed by atoms with Crippen LogP contribution in [-0.2, 0) is 36.5 Å². The van der Waals surface area contributed by atoms with Crippen molar-refractivity contribution in [3.63, 3.8) is 0 Å². The van der Waals surface area contributed by atoms with Gasteiger partial charge in [0.1, 0.15) is 17.4 Å². The molecule has 50 heavy (non-hydrogen) atoms. The number of alkyl carbamates (subject to hydrolysis) is 1. The van der Waals surface area contributed by atoms with Crippen molar-refractivity contribution in [3.05, 3.63) is 77.1 Å². The zero-order valence-corrected chi connectivity index (χ0v) is 30.7. The van der Waals surface area contributed by atoms with Crippen LogP contribution in [0, 0.1) is 0 Å². The lowest BCUT2D eigenvalue weighted by molar-refractivity contribution is -0.123. The number of nitrogens with zero attached hydrogens (tertiary/aromatic N) is 1. The summed E-state index contributed by atoms with van der Waals surface area (Å²) in [4.78, 5) is 29.3. The van der Waals surface area contributed by atoms with Gasteiger partial charge in [0.25, 0.3) is 0 Å². The van der Waals surface area contributed by atoms with Crippen molar-refractivity contribution in [2.24, 2.45) is 0 Å². The molecule has 0 bridgehead atoms. The van der Waals surface area contributed by atoms with Crippen LogP contribution in [0.25, 0.3) is 11.1 Å². The van der Waals surface area contributed by atoms with Crippen molar-refractivity contribution in [2.75, 3.05) is 13.1 Å². The molecule has 2 saturated carbocycles. The number of amides is 2. The highest BCUT2D eigenvalue weighted by Gasteiger charge is 2.48. The van der Waals surface area contributed by atoms with E-state index in [1.54, 1.807) is 46.0 Å². The van der Waals surface area contributed by atoms with E-state index < -0.39 is 33.4 Å². The molecule has 2 aliphatic carbocycles. The summed E-state index contributed by atoms with van der Waals surface area (Å²) >= 11 is 6.54. The molecule has 2 amide bonds. The maximum Gasteiger partial charge on any atom is 0.408 e. The number of hydrogen-bond acceptors (Lipinski definition) is 8. The van der Waals surface area contributed by atoms with Crippen molar-refractivity contribution in [2.45, 2.75) is 107 Å². The number of halogens is 1. The summed E-state index contributed by atoms with van der Waals surface area (Å²) in [6.07, 6.45) is 8.13. The second kappa shape index (κ2) is 16.1. The van der Waals surface area contributed by atoms with Gasteiger partial charge >= 0.3 is 6.09 Å². The zero-order chi connectivity index (χ0) is 35.9. The van der Waals surface area contributed by atoms with E-state index >= 15 is 0 Å². The summed E-state index contributed by atoms with van der Waals surface area (Å²) in [6, 6.07) is 13.8. The molecule has 0 radical (unpaired) electrons. The molecule has 1 heterocycles. The average Bonchev–Trinajstić information content (AvgIpc) is 4.01. The third-order valence-electron chi connectivity index (χ3n) is 8.41. The monoisotopic (exact) mass is 726 g/mol. The van der Waals surface area contributed by atoms with E-state index in [4.69, 9.17) is 25.8 Å². The molecule has 3 aromatic rings. The fourth-order valence-electron chi connectivity index (χ4n) is 5.58. The molecule has 11 nitrogen and oxygen atoms in total. The fourth-order valence-corrected chi connectivity index (χ4v) is 6.88. The van der Waals surface area contributed by atoms with Crippen LogP contribution in [0.1, 0.15) is 83.8 Å². The van der Waals surface area contributed by atoms with Gasteiger partial charge < -0.3 is 24.8 Å². The normalized spacial score (nSPS) is 15.9.